The number of hydrogen-bond acceptors (Lipinski definition) is 4. The van der Waals surface area contributed by atoms with Crippen molar-refractivity contribution in [3.05, 3.63) is 29.3 Å². The van der Waals surface area contributed by atoms with Gasteiger partial charge in [-0.2, -0.15) is 5.26 Å². The van der Waals surface area contributed by atoms with Crippen LogP contribution in [0.1, 0.15) is 23.2 Å². The molecule has 0 heterocycles. The number of unbranched alkanes of at least 4 members (excludes halogenated alkanes) is 1. The van der Waals surface area contributed by atoms with Gasteiger partial charge in [-0.05, 0) is 12.5 Å². The number of nitrogen functional groups attached to an aromatic ring is 1. The molecule has 0 aliphatic heterocycles. The summed E-state index contributed by atoms with van der Waals surface area (Å²) >= 11 is 0. The van der Waals surface area contributed by atoms with Crippen LogP contribution >= 0.6 is 0 Å². The van der Waals surface area contributed by atoms with Crippen LogP contribution in [0.15, 0.2) is 12.1 Å². The largest absolute Gasteiger partial charge is 0.462 e. The zero-order valence-electron chi connectivity index (χ0n) is 8.87. The maximum absolute atomic E-state index is 13.3. The number of carbonyl (C=O) groups excluding carboxylic acids is 1. The van der Waals surface area contributed by atoms with Crippen LogP contribution < -0.4 is 5.73 Å². The van der Waals surface area contributed by atoms with E-state index >= 15 is 0 Å². The Balaban J connectivity index is 2.70. The van der Waals surface area contributed by atoms with E-state index < -0.39 is 23.2 Å². The lowest BCUT2D eigenvalue weighted by Gasteiger charge is -2.05. The fourth-order valence-corrected chi connectivity index (χ4v) is 1.11. The fourth-order valence-electron chi connectivity index (χ4n) is 1.11. The van der Waals surface area contributed by atoms with E-state index in [9.17, 15) is 13.6 Å². The van der Waals surface area contributed by atoms with Gasteiger partial charge < -0.3 is 10.5 Å². The van der Waals surface area contributed by atoms with Crippen LogP contribution in [-0.2, 0) is 4.74 Å². The molecule has 2 N–H and O–H groups in total. The molecule has 0 amide bonds. The van der Waals surface area contributed by atoms with Gasteiger partial charge in [0.2, 0.25) is 0 Å². The molecule has 0 aliphatic carbocycles. The van der Waals surface area contributed by atoms with E-state index in [1.165, 1.54) is 0 Å². The van der Waals surface area contributed by atoms with Crippen molar-refractivity contribution in [2.45, 2.75) is 12.8 Å². The van der Waals surface area contributed by atoms with Gasteiger partial charge in [0.15, 0.2) is 0 Å². The molecule has 1 aromatic rings. The van der Waals surface area contributed by atoms with E-state index in [4.69, 9.17) is 11.0 Å². The van der Waals surface area contributed by atoms with Crippen LogP contribution in [0.2, 0.25) is 0 Å². The zero-order chi connectivity index (χ0) is 12.8. The Labute approximate surface area is 96.6 Å². The number of hydrogen-bond donors (Lipinski definition) is 1. The summed E-state index contributed by atoms with van der Waals surface area (Å²) < 4.78 is 30.9. The summed E-state index contributed by atoms with van der Waals surface area (Å²) in [6.07, 6.45) is 0.577. The first kappa shape index (κ1) is 12.9. The molecule has 17 heavy (non-hydrogen) atoms. The molecule has 0 spiro atoms. The van der Waals surface area contributed by atoms with Gasteiger partial charge in [0.25, 0.3) is 0 Å². The Kier molecular flexibility index (Phi) is 4.40. The normalized spacial score (nSPS) is 9.71. The number of carbonyl (C=O) groups is 1. The van der Waals surface area contributed by atoms with Crippen molar-refractivity contribution >= 4 is 11.7 Å². The number of nitriles is 1. The van der Waals surface area contributed by atoms with Gasteiger partial charge in [-0.25, -0.2) is 13.6 Å². The second-order valence-electron chi connectivity index (χ2n) is 3.25. The fraction of sp³-hybridized carbons (Fsp3) is 0.273. The van der Waals surface area contributed by atoms with Crippen LogP contribution in [0.4, 0.5) is 14.5 Å². The predicted molar refractivity (Wildman–Crippen MR) is 55.9 cm³/mol. The molecule has 0 unspecified atom stereocenters. The maximum atomic E-state index is 13.3. The highest BCUT2D eigenvalue weighted by Crippen LogP contribution is 2.17. The molecule has 0 aromatic heterocycles. The van der Waals surface area contributed by atoms with Gasteiger partial charge in [-0.15, -0.1) is 0 Å². The van der Waals surface area contributed by atoms with Crippen LogP contribution in [0.5, 0.6) is 0 Å². The molecule has 0 fully saturated rings. The number of anilines is 1. The molecule has 1 rings (SSSR count). The molecule has 0 bridgehead atoms. The lowest BCUT2D eigenvalue weighted by molar-refractivity contribution is 0.0496. The third-order valence-corrected chi connectivity index (χ3v) is 1.97. The summed E-state index contributed by atoms with van der Waals surface area (Å²) in [4.78, 5) is 11.3. The molecule has 0 saturated carbocycles. The second-order valence-corrected chi connectivity index (χ2v) is 3.25. The van der Waals surface area contributed by atoms with Gasteiger partial charge in [-0.1, -0.05) is 0 Å². The van der Waals surface area contributed by atoms with Crippen molar-refractivity contribution in [1.29, 1.82) is 5.26 Å². The van der Waals surface area contributed by atoms with E-state index in [0.29, 0.717) is 12.5 Å². The summed E-state index contributed by atoms with van der Waals surface area (Å²) in [5.41, 5.74) is 4.25. The number of nitrogens with two attached hydrogens (primary N) is 1. The Morgan fingerprint density at radius 3 is 2.76 bits per heavy atom. The number of rotatable bonds is 4. The highest BCUT2D eigenvalue weighted by Gasteiger charge is 2.16. The molecule has 0 atom stereocenters. The van der Waals surface area contributed by atoms with Gasteiger partial charge in [0.1, 0.15) is 11.6 Å². The van der Waals surface area contributed by atoms with Crippen molar-refractivity contribution in [2.24, 2.45) is 0 Å². The van der Waals surface area contributed by atoms with Gasteiger partial charge in [0, 0.05) is 12.5 Å². The molecule has 0 saturated heterocycles. The highest BCUT2D eigenvalue weighted by molar-refractivity contribution is 5.90. The number of nitrogens with zero attached hydrogens (tertiary/aromatic N) is 1. The lowest BCUT2D eigenvalue weighted by atomic mass is 10.2. The monoisotopic (exact) mass is 240 g/mol. The zero-order valence-corrected chi connectivity index (χ0v) is 8.87. The van der Waals surface area contributed by atoms with Crippen molar-refractivity contribution in [3.8, 4) is 6.07 Å². The lowest BCUT2D eigenvalue weighted by Crippen LogP contribution is -2.10. The van der Waals surface area contributed by atoms with Crippen LogP contribution in [0.25, 0.3) is 0 Å². The van der Waals surface area contributed by atoms with Crippen molar-refractivity contribution in [1.82, 2.24) is 0 Å². The Bertz CT molecular complexity index is 469. The third kappa shape index (κ3) is 3.41. The summed E-state index contributed by atoms with van der Waals surface area (Å²) in [7, 11) is 0. The van der Waals surface area contributed by atoms with Crippen molar-refractivity contribution in [3.63, 3.8) is 0 Å². The maximum Gasteiger partial charge on any atom is 0.341 e. The van der Waals surface area contributed by atoms with Crippen molar-refractivity contribution < 1.29 is 18.3 Å². The first-order valence-corrected chi connectivity index (χ1v) is 4.85. The quantitative estimate of drug-likeness (QED) is 0.496. The summed E-state index contributed by atoms with van der Waals surface area (Å²) in [6.45, 7) is -0.0160. The molecule has 90 valence electrons. The average Bonchev–Trinajstić information content (AvgIpc) is 2.29. The minimum absolute atomic E-state index is 0.0160. The minimum atomic E-state index is -0.973. The Morgan fingerprint density at radius 1 is 1.41 bits per heavy atom. The molecule has 0 radical (unpaired) electrons. The minimum Gasteiger partial charge on any atom is -0.462 e. The van der Waals surface area contributed by atoms with Crippen molar-refractivity contribution in [2.75, 3.05) is 12.3 Å². The molecule has 4 nitrogen and oxygen atoms in total. The van der Waals surface area contributed by atoms with E-state index in [0.717, 1.165) is 6.07 Å². The SMILES string of the molecule is N#CCCCOC(=O)c1cc(F)c(N)cc1F. The molecule has 0 aliphatic rings. The number of esters is 1. The Morgan fingerprint density at radius 2 is 2.12 bits per heavy atom. The smallest absolute Gasteiger partial charge is 0.341 e. The van der Waals surface area contributed by atoms with E-state index in [-0.39, 0.29) is 18.7 Å². The van der Waals surface area contributed by atoms with E-state index in [1.54, 1.807) is 0 Å². The Hall–Kier alpha value is -2.16. The first-order valence-electron chi connectivity index (χ1n) is 4.85. The van der Waals surface area contributed by atoms with E-state index in [1.807, 2.05) is 6.07 Å². The van der Waals surface area contributed by atoms with Gasteiger partial charge in [0.05, 0.1) is 23.9 Å². The second kappa shape index (κ2) is 5.80. The molecule has 6 heteroatoms. The van der Waals surface area contributed by atoms with E-state index in [2.05, 4.69) is 4.74 Å². The van der Waals surface area contributed by atoms with Gasteiger partial charge in [-0.3, -0.25) is 0 Å². The average molecular weight is 240 g/mol. The predicted octanol–water partition coefficient (Wildman–Crippen LogP) is 2.01. The number of ether oxygens (including phenoxy) is 1. The summed E-state index contributed by atoms with van der Waals surface area (Å²) in [5.74, 6) is -2.79. The first-order chi connectivity index (χ1) is 8.06. The third-order valence-electron chi connectivity index (χ3n) is 1.97. The summed E-state index contributed by atoms with van der Waals surface area (Å²) in [6, 6.07) is 3.28. The number of benzene rings is 1. The topological polar surface area (TPSA) is 76.1 Å². The highest BCUT2D eigenvalue weighted by atomic mass is 19.1. The molecular weight excluding hydrogens is 230 g/mol. The van der Waals surface area contributed by atoms with Crippen LogP contribution in [0.3, 0.4) is 0 Å². The number of halogens is 2. The standard InChI is InChI=1S/C11H10F2N2O2/c12-8-6-10(15)9(13)5-7(8)11(16)17-4-2-1-3-14/h5-6H,1-2,4,15H2. The molecule has 1 aromatic carbocycles. The summed E-state index contributed by atoms with van der Waals surface area (Å²) in [5, 5.41) is 8.25. The molecular formula is C11H10F2N2O2. The van der Waals surface area contributed by atoms with Crippen LogP contribution in [-0.4, -0.2) is 12.6 Å². The van der Waals surface area contributed by atoms with Gasteiger partial charge >= 0.3 is 5.97 Å². The van der Waals surface area contributed by atoms with Crippen LogP contribution in [0, 0.1) is 23.0 Å².